The number of phenols is 1. The first-order valence-corrected chi connectivity index (χ1v) is 22.9. The van der Waals surface area contributed by atoms with Crippen LogP contribution in [0.15, 0.2) is 24.3 Å². The highest BCUT2D eigenvalue weighted by Crippen LogP contribution is 2.15. The maximum absolute atomic E-state index is 14.0. The number of nitrogens with two attached hydrogens (primary N) is 3. The molecule has 1 aromatic rings. The third-order valence-corrected chi connectivity index (χ3v) is 10.6. The Morgan fingerprint density at radius 2 is 1.01 bits per heavy atom. The van der Waals surface area contributed by atoms with Gasteiger partial charge in [-0.05, 0) is 81.0 Å². The Morgan fingerprint density at radius 1 is 0.565 bits per heavy atom. The summed E-state index contributed by atoms with van der Waals surface area (Å²) in [4.78, 5) is 131. The summed E-state index contributed by atoms with van der Waals surface area (Å²) in [6, 6.07) is -5.96. The van der Waals surface area contributed by atoms with Crippen molar-refractivity contribution >= 4 is 59.2 Å². The van der Waals surface area contributed by atoms with E-state index in [1.165, 1.54) is 24.3 Å². The molecule has 0 radical (unpaired) electrons. The van der Waals surface area contributed by atoms with Crippen molar-refractivity contribution in [2.24, 2.45) is 35.0 Å². The van der Waals surface area contributed by atoms with E-state index in [4.69, 9.17) is 17.2 Å². The zero-order valence-electron chi connectivity index (χ0n) is 40.4. The number of aromatic hydroxyl groups is 1. The number of rotatable bonds is 32. The summed E-state index contributed by atoms with van der Waals surface area (Å²) >= 11 is 0. The number of aliphatic carboxylic acids is 2. The fourth-order valence-corrected chi connectivity index (χ4v) is 6.86. The average Bonchev–Trinajstić information content (AvgIpc) is 3.24. The topological polar surface area (TPSA) is 414 Å². The lowest BCUT2D eigenvalue weighted by Crippen LogP contribution is -2.61. The number of carboxylic acids is 2. The highest BCUT2D eigenvalue weighted by atomic mass is 16.4. The number of benzene rings is 1. The van der Waals surface area contributed by atoms with Crippen LogP contribution in [-0.4, -0.2) is 141 Å². The van der Waals surface area contributed by atoms with Gasteiger partial charge in [-0.1, -0.05) is 60.1 Å². The van der Waals surface area contributed by atoms with E-state index in [0.29, 0.717) is 24.9 Å². The Hall–Kier alpha value is -6.40. The first kappa shape index (κ1) is 60.6. The molecule has 8 amide bonds. The van der Waals surface area contributed by atoms with Crippen LogP contribution >= 0.6 is 0 Å². The van der Waals surface area contributed by atoms with E-state index in [1.54, 1.807) is 41.5 Å². The van der Waals surface area contributed by atoms with Gasteiger partial charge in [-0.15, -0.1) is 0 Å². The predicted molar refractivity (Wildman–Crippen MR) is 250 cm³/mol. The number of aliphatic hydroxyl groups is 1. The predicted octanol–water partition coefficient (Wildman–Crippen LogP) is -2.26. The smallest absolute Gasteiger partial charge is 0.328 e. The van der Waals surface area contributed by atoms with Crippen molar-refractivity contribution in [3.8, 4) is 5.75 Å². The lowest BCUT2D eigenvalue weighted by Gasteiger charge is -2.29. The minimum Gasteiger partial charge on any atom is -0.508 e. The van der Waals surface area contributed by atoms with Crippen LogP contribution in [0.2, 0.25) is 0 Å². The third-order valence-electron chi connectivity index (χ3n) is 10.6. The van der Waals surface area contributed by atoms with Crippen molar-refractivity contribution in [2.45, 2.75) is 161 Å². The van der Waals surface area contributed by atoms with Gasteiger partial charge in [-0.3, -0.25) is 43.2 Å². The van der Waals surface area contributed by atoms with Crippen LogP contribution in [0.25, 0.3) is 0 Å². The zero-order chi connectivity index (χ0) is 52.7. The summed E-state index contributed by atoms with van der Waals surface area (Å²) in [5.41, 5.74) is 17.4. The summed E-state index contributed by atoms with van der Waals surface area (Å²) < 4.78 is 0. The van der Waals surface area contributed by atoms with E-state index in [1.807, 2.05) is 0 Å². The Morgan fingerprint density at radius 3 is 1.48 bits per heavy atom. The maximum atomic E-state index is 14.0. The number of phenolic OH excluding ortho intramolecular Hbond substituents is 1. The average molecular weight is 979 g/mol. The van der Waals surface area contributed by atoms with Crippen LogP contribution in [0.5, 0.6) is 5.75 Å². The fourth-order valence-electron chi connectivity index (χ4n) is 6.86. The van der Waals surface area contributed by atoms with Crippen LogP contribution in [0.1, 0.15) is 105 Å². The van der Waals surface area contributed by atoms with E-state index >= 15 is 0 Å². The number of carbonyl (C=O) groups is 10. The molecule has 0 fully saturated rings. The molecule has 1 aromatic carbocycles. The second-order valence-corrected chi connectivity index (χ2v) is 18.2. The van der Waals surface area contributed by atoms with Gasteiger partial charge in [0.25, 0.3) is 0 Å². The Balaban J connectivity index is 3.43. The lowest BCUT2D eigenvalue weighted by molar-refractivity contribution is -0.145. The minimum absolute atomic E-state index is 0.00106. The molecule has 0 aliphatic heterocycles. The number of aliphatic hydroxyl groups excluding tert-OH is 1. The quantitative estimate of drug-likeness (QED) is 0.0339. The SMILES string of the molecule is CC(C)C[C@H](NC(=O)[C@H](CCC(=O)O)NC(=O)[C@@H](N)CCCCN)C(=O)N[C@@H](CC(N)=O)C(=O)N[C@H](C(=O)N[C@@H](CC(C)C)C(=O)N[C@@H](Cc1ccc(O)cc1)C(=O)N[C@H](C(=O)O)[C@@H](C)O)C(C)C. The molecule has 69 heavy (non-hydrogen) atoms. The second kappa shape index (κ2) is 30.2. The molecule has 0 aliphatic rings. The van der Waals surface area contributed by atoms with Gasteiger partial charge in [0.1, 0.15) is 42.0 Å². The molecule has 0 aromatic heterocycles. The van der Waals surface area contributed by atoms with Gasteiger partial charge in [0.05, 0.1) is 18.6 Å². The van der Waals surface area contributed by atoms with Crippen LogP contribution in [0.3, 0.4) is 0 Å². The summed E-state index contributed by atoms with van der Waals surface area (Å²) in [5.74, 6) is -11.6. The van der Waals surface area contributed by atoms with E-state index in [9.17, 15) is 68.4 Å². The monoisotopic (exact) mass is 979 g/mol. The van der Waals surface area contributed by atoms with E-state index < -0.39 is 132 Å². The number of amides is 8. The highest BCUT2D eigenvalue weighted by molar-refractivity contribution is 5.99. The summed E-state index contributed by atoms with van der Waals surface area (Å²) in [7, 11) is 0. The van der Waals surface area contributed by atoms with Gasteiger partial charge in [0.15, 0.2) is 6.04 Å². The second-order valence-electron chi connectivity index (χ2n) is 18.2. The molecule has 0 unspecified atom stereocenters. The van der Waals surface area contributed by atoms with Gasteiger partial charge < -0.3 is 74.8 Å². The zero-order valence-corrected chi connectivity index (χ0v) is 40.4. The Labute approximate surface area is 401 Å². The Kier molecular flexibility index (Phi) is 26.5. The number of nitrogens with one attached hydrogen (secondary N) is 7. The first-order chi connectivity index (χ1) is 32.2. The Bertz CT molecular complexity index is 1910. The summed E-state index contributed by atoms with van der Waals surface area (Å²) in [6.45, 7) is 11.6. The molecule has 9 atom stereocenters. The first-order valence-electron chi connectivity index (χ1n) is 22.9. The van der Waals surface area contributed by atoms with Gasteiger partial charge in [-0.2, -0.15) is 0 Å². The van der Waals surface area contributed by atoms with Crippen molar-refractivity contribution in [1.82, 2.24) is 37.2 Å². The molecular formula is C45H74N10O14. The fraction of sp³-hybridized carbons (Fsp3) is 0.644. The van der Waals surface area contributed by atoms with E-state index in [2.05, 4.69) is 37.2 Å². The molecule has 24 heteroatoms. The largest absolute Gasteiger partial charge is 0.508 e. The number of primary amides is 1. The molecule has 24 nitrogen and oxygen atoms in total. The molecule has 1 rings (SSSR count). The molecule has 17 N–H and O–H groups in total. The molecule has 0 heterocycles. The number of carboxylic acid groups (broad SMARTS) is 2. The molecule has 0 saturated heterocycles. The molecule has 0 bridgehead atoms. The molecule has 0 aliphatic carbocycles. The number of unbranched alkanes of at least 4 members (excludes halogenated alkanes) is 1. The van der Waals surface area contributed by atoms with Crippen molar-refractivity contribution < 1.29 is 68.4 Å². The third kappa shape index (κ3) is 23.0. The van der Waals surface area contributed by atoms with Crippen molar-refractivity contribution in [3.05, 3.63) is 29.8 Å². The van der Waals surface area contributed by atoms with Gasteiger partial charge >= 0.3 is 11.9 Å². The van der Waals surface area contributed by atoms with Crippen LogP contribution < -0.4 is 54.4 Å². The normalized spacial score (nSPS) is 15.2. The minimum atomic E-state index is -1.75. The molecular weight excluding hydrogens is 905 g/mol. The van der Waals surface area contributed by atoms with E-state index in [0.717, 1.165) is 6.92 Å². The number of carbonyl (C=O) groups excluding carboxylic acids is 8. The summed E-state index contributed by atoms with van der Waals surface area (Å²) in [6.07, 6.45) is -2.09. The highest BCUT2D eigenvalue weighted by Gasteiger charge is 2.36. The van der Waals surface area contributed by atoms with Gasteiger partial charge in [0, 0.05) is 12.8 Å². The standard InChI is InChI=1S/C45H74N10O14/c1-22(2)18-30(50-39(62)29(15-16-35(59)60)49-38(61)28(47)10-8-9-17-46)40(63)52-33(21-34(48)58)43(66)54-36(24(5)6)44(67)53-31(19-23(3)4)41(64)51-32(20-26-11-13-27(57)14-12-26)42(65)55-37(25(7)56)45(68)69/h11-14,22-25,28-33,36-37,56-57H,8-10,15-21,46-47H2,1-7H3,(H2,48,58)(H,49,61)(H,50,62)(H,51,64)(H,52,63)(H,53,67)(H,54,66)(H,55,65)(H,59,60)(H,68,69)/t25-,28+,29+,30+,31+,32+,33+,36+,37+/m1/s1. The van der Waals surface area contributed by atoms with E-state index in [-0.39, 0.29) is 49.7 Å². The summed E-state index contributed by atoms with van der Waals surface area (Å²) in [5, 5.41) is 55.9. The van der Waals surface area contributed by atoms with Gasteiger partial charge in [0.2, 0.25) is 47.3 Å². The maximum Gasteiger partial charge on any atom is 0.328 e. The molecule has 0 spiro atoms. The molecule has 388 valence electrons. The van der Waals surface area contributed by atoms with Crippen molar-refractivity contribution in [2.75, 3.05) is 6.54 Å². The van der Waals surface area contributed by atoms with Gasteiger partial charge in [-0.25, -0.2) is 4.79 Å². The number of hydrogen-bond acceptors (Lipinski definition) is 14. The van der Waals surface area contributed by atoms with Crippen LogP contribution in [0, 0.1) is 17.8 Å². The van der Waals surface area contributed by atoms with Crippen molar-refractivity contribution in [3.63, 3.8) is 0 Å². The van der Waals surface area contributed by atoms with Crippen LogP contribution in [0.4, 0.5) is 0 Å². The lowest BCUT2D eigenvalue weighted by atomic mass is 9.98. The van der Waals surface area contributed by atoms with Crippen molar-refractivity contribution in [1.29, 1.82) is 0 Å². The number of hydrogen-bond donors (Lipinski definition) is 14. The molecule has 0 saturated carbocycles. The van der Waals surface area contributed by atoms with Crippen LogP contribution in [-0.2, 0) is 54.4 Å².